The fraction of sp³-hybridized carbons (Fsp3) is 0.688. The normalized spacial score (nSPS) is 19.2. The summed E-state index contributed by atoms with van der Waals surface area (Å²) in [5, 5.41) is 3.71. The van der Waals surface area contributed by atoms with Crippen LogP contribution in [0.15, 0.2) is 24.3 Å². The Kier molecular flexibility index (Phi) is 11.4. The second-order valence-corrected chi connectivity index (χ2v) is 18.1. The molecule has 0 saturated carbocycles. The van der Waals surface area contributed by atoms with Crippen LogP contribution in [0.4, 0.5) is 20.4 Å². The highest BCUT2D eigenvalue weighted by Gasteiger charge is 2.39. The molecule has 2 aromatic rings. The Balaban J connectivity index is 1.56. The zero-order valence-corrected chi connectivity index (χ0v) is 28.1. The molecule has 2 saturated heterocycles. The quantitative estimate of drug-likeness (QED) is 0.251. The van der Waals surface area contributed by atoms with Gasteiger partial charge in [0.15, 0.2) is 14.1 Å². The summed E-state index contributed by atoms with van der Waals surface area (Å²) in [6.45, 7) is 19.6. The van der Waals surface area contributed by atoms with Crippen molar-refractivity contribution in [1.29, 1.82) is 0 Å². The summed E-state index contributed by atoms with van der Waals surface area (Å²) in [5.74, 6) is 2.97. The smallest absolute Gasteiger partial charge is 0.251 e. The third-order valence-electron chi connectivity index (χ3n) is 8.86. The molecular weight excluding hydrogens is 568 g/mol. The predicted octanol–water partition coefficient (Wildman–Crippen LogP) is 6.61. The first kappa shape index (κ1) is 33.5. The lowest BCUT2D eigenvalue weighted by molar-refractivity contribution is 0.0853. The van der Waals surface area contributed by atoms with Crippen molar-refractivity contribution in [2.45, 2.75) is 90.6 Å². The van der Waals surface area contributed by atoms with E-state index in [2.05, 4.69) is 51.0 Å². The van der Waals surface area contributed by atoms with Crippen molar-refractivity contribution in [3.05, 3.63) is 29.8 Å². The van der Waals surface area contributed by atoms with Crippen molar-refractivity contribution >= 4 is 20.0 Å². The van der Waals surface area contributed by atoms with E-state index in [4.69, 9.17) is 23.9 Å². The molecule has 0 radical (unpaired) electrons. The van der Waals surface area contributed by atoms with Crippen molar-refractivity contribution in [2.75, 3.05) is 62.8 Å². The number of anilines is 2. The number of aromatic nitrogens is 2. The van der Waals surface area contributed by atoms with E-state index in [0.29, 0.717) is 45.2 Å². The van der Waals surface area contributed by atoms with Crippen LogP contribution in [0.1, 0.15) is 52.5 Å². The van der Waals surface area contributed by atoms with Gasteiger partial charge in [-0.1, -0.05) is 46.2 Å². The molecule has 4 rings (SSSR count). The number of alkyl halides is 2. The molecule has 1 unspecified atom stereocenters. The van der Waals surface area contributed by atoms with Crippen LogP contribution in [0.2, 0.25) is 18.1 Å². The minimum atomic E-state index is -2.33. The molecule has 3 heterocycles. The summed E-state index contributed by atoms with van der Waals surface area (Å²) in [7, 11) is -1.93. The maximum atomic E-state index is 13.0. The van der Waals surface area contributed by atoms with Crippen molar-refractivity contribution < 1.29 is 22.7 Å². The fourth-order valence-corrected chi connectivity index (χ4v) is 6.64. The maximum Gasteiger partial charge on any atom is 0.251 e. The number of hydrogen-bond donors (Lipinski definition) is 1. The number of rotatable bonds is 13. The van der Waals surface area contributed by atoms with E-state index < -0.39 is 14.7 Å². The summed E-state index contributed by atoms with van der Waals surface area (Å²) < 4.78 is 44.6. The number of benzene rings is 1. The van der Waals surface area contributed by atoms with Gasteiger partial charge in [0.25, 0.3) is 6.43 Å². The molecule has 1 aromatic carbocycles. The van der Waals surface area contributed by atoms with Gasteiger partial charge >= 0.3 is 0 Å². The number of piperazine rings is 1. The van der Waals surface area contributed by atoms with Crippen molar-refractivity contribution in [3.8, 4) is 17.1 Å². The molecule has 2 aliphatic heterocycles. The fourth-order valence-electron chi connectivity index (χ4n) is 5.27. The van der Waals surface area contributed by atoms with Gasteiger partial charge in [0.2, 0.25) is 0 Å². The molecule has 2 aliphatic rings. The summed E-state index contributed by atoms with van der Waals surface area (Å²) in [4.78, 5) is 14.0. The van der Waals surface area contributed by atoms with Gasteiger partial charge in [0.05, 0.1) is 25.3 Å². The van der Waals surface area contributed by atoms with E-state index in [0.717, 1.165) is 54.4 Å². The van der Waals surface area contributed by atoms with Crippen LogP contribution in [0, 0.1) is 6.92 Å². The third-order valence-corrected chi connectivity index (χ3v) is 13.4. The molecule has 1 N–H and O–H groups in total. The minimum Gasteiger partial charge on any atom is -0.491 e. The first-order valence-corrected chi connectivity index (χ1v) is 18.7. The largest absolute Gasteiger partial charge is 0.491 e. The van der Waals surface area contributed by atoms with Gasteiger partial charge in [-0.25, -0.2) is 18.7 Å². The van der Waals surface area contributed by atoms with E-state index in [1.807, 2.05) is 36.1 Å². The molecule has 0 aliphatic carbocycles. The van der Waals surface area contributed by atoms with Crippen LogP contribution in [-0.4, -0.2) is 94.3 Å². The van der Waals surface area contributed by atoms with Crippen molar-refractivity contribution in [2.24, 2.45) is 0 Å². The van der Waals surface area contributed by atoms with Gasteiger partial charge in [0, 0.05) is 43.9 Å². The Bertz CT molecular complexity index is 1180. The zero-order valence-electron chi connectivity index (χ0n) is 27.1. The zero-order chi connectivity index (χ0) is 31.2. The lowest BCUT2D eigenvalue weighted by atomic mass is 10.1. The monoisotopic (exact) mass is 619 g/mol. The standard InChI is InChI=1S/C32H51F2N5O3Si/c1-8-10-27(42-43(6,7)32(3,4)5)22-41-26-12-9-11-24(19-26)30-36-29(35-25-13-18-40-21-25)23(2)31(37-30)39-16-14-38(15-17-39)20-28(33)34/h9,11-12,19,25,27-28H,8,10,13-18,20-22H2,1-7H3,(H,35,36,37)/t25-,27?/m1/s1. The Labute approximate surface area is 257 Å². The molecule has 0 spiro atoms. The number of nitrogens with one attached hydrogen (secondary N) is 1. The highest BCUT2D eigenvalue weighted by molar-refractivity contribution is 6.74. The van der Waals surface area contributed by atoms with E-state index in [9.17, 15) is 8.78 Å². The molecule has 43 heavy (non-hydrogen) atoms. The predicted molar refractivity (Wildman–Crippen MR) is 172 cm³/mol. The molecule has 11 heteroatoms. The Hall–Kier alpha value is -2.34. The lowest BCUT2D eigenvalue weighted by Gasteiger charge is -2.39. The van der Waals surface area contributed by atoms with E-state index in [1.165, 1.54) is 0 Å². The molecule has 2 atom stereocenters. The Morgan fingerprint density at radius 1 is 1.14 bits per heavy atom. The topological polar surface area (TPSA) is 72.0 Å². The van der Waals surface area contributed by atoms with Gasteiger partial charge in [-0.2, -0.15) is 0 Å². The summed E-state index contributed by atoms with van der Waals surface area (Å²) in [6.07, 6.45) is 0.598. The van der Waals surface area contributed by atoms with Crippen molar-refractivity contribution in [3.63, 3.8) is 0 Å². The Morgan fingerprint density at radius 3 is 2.51 bits per heavy atom. The van der Waals surface area contributed by atoms with Crippen LogP contribution in [0.3, 0.4) is 0 Å². The number of ether oxygens (including phenoxy) is 2. The minimum absolute atomic E-state index is 0.0324. The average molecular weight is 620 g/mol. The summed E-state index contributed by atoms with van der Waals surface area (Å²) >= 11 is 0. The number of nitrogens with zero attached hydrogens (tertiary/aromatic N) is 4. The van der Waals surface area contributed by atoms with E-state index >= 15 is 0 Å². The van der Waals surface area contributed by atoms with Gasteiger partial charge in [-0.05, 0) is 50.0 Å². The highest BCUT2D eigenvalue weighted by Crippen LogP contribution is 2.38. The average Bonchev–Trinajstić information content (AvgIpc) is 3.46. The molecule has 8 nitrogen and oxygen atoms in total. The van der Waals surface area contributed by atoms with Gasteiger partial charge < -0.3 is 24.1 Å². The molecule has 240 valence electrons. The lowest BCUT2D eigenvalue weighted by Crippen LogP contribution is -2.48. The second kappa shape index (κ2) is 14.6. The van der Waals surface area contributed by atoms with Gasteiger partial charge in [0.1, 0.15) is 24.0 Å². The molecule has 0 amide bonds. The van der Waals surface area contributed by atoms with E-state index in [-0.39, 0.29) is 23.7 Å². The first-order chi connectivity index (χ1) is 20.4. The summed E-state index contributed by atoms with van der Waals surface area (Å²) in [5.41, 5.74) is 1.81. The van der Waals surface area contributed by atoms with Gasteiger partial charge in [-0.3, -0.25) is 4.90 Å². The molecule has 1 aromatic heterocycles. The van der Waals surface area contributed by atoms with Crippen LogP contribution < -0.4 is 15.0 Å². The van der Waals surface area contributed by atoms with Crippen LogP contribution in [-0.2, 0) is 9.16 Å². The summed E-state index contributed by atoms with van der Waals surface area (Å²) in [6, 6.07) is 8.11. The molecule has 0 bridgehead atoms. The SMILES string of the molecule is CCCC(COc1cccc(-c2nc(N[C@@H]3CCOC3)c(C)c(N3CCN(CC(F)F)CC3)n2)c1)O[Si](C)(C)C(C)(C)C. The third kappa shape index (κ3) is 9.09. The van der Waals surface area contributed by atoms with E-state index in [1.54, 1.807) is 0 Å². The number of halogens is 2. The van der Waals surface area contributed by atoms with Crippen molar-refractivity contribution in [1.82, 2.24) is 14.9 Å². The molecular formula is C32H51F2N5O3Si. The van der Waals surface area contributed by atoms with Crippen LogP contribution in [0.25, 0.3) is 11.4 Å². The van der Waals surface area contributed by atoms with Gasteiger partial charge in [-0.15, -0.1) is 0 Å². The van der Waals surface area contributed by atoms with Crippen LogP contribution >= 0.6 is 0 Å². The maximum absolute atomic E-state index is 13.0. The first-order valence-electron chi connectivity index (χ1n) is 15.8. The Morgan fingerprint density at radius 2 is 1.88 bits per heavy atom. The second-order valence-electron chi connectivity index (χ2n) is 13.4. The highest BCUT2D eigenvalue weighted by atomic mass is 28.4. The number of hydrogen-bond acceptors (Lipinski definition) is 8. The van der Waals surface area contributed by atoms with Crippen LogP contribution in [0.5, 0.6) is 5.75 Å². The molecule has 2 fully saturated rings.